The second-order valence-corrected chi connectivity index (χ2v) is 5.37. The van der Waals surface area contributed by atoms with Gasteiger partial charge in [-0.15, -0.1) is 0 Å². The molecule has 0 saturated carbocycles. The molecule has 2 rings (SSSR count). The van der Waals surface area contributed by atoms with E-state index in [0.29, 0.717) is 4.47 Å². The molecule has 0 saturated heterocycles. The van der Waals surface area contributed by atoms with Crippen molar-refractivity contribution in [3.8, 4) is 0 Å². The molecule has 0 bridgehead atoms. The summed E-state index contributed by atoms with van der Waals surface area (Å²) in [6.45, 7) is 1.32. The van der Waals surface area contributed by atoms with Crippen LogP contribution in [0.15, 0.2) is 33.8 Å². The molecule has 0 fully saturated rings. The highest BCUT2D eigenvalue weighted by molar-refractivity contribution is 9.10. The predicted molar refractivity (Wildman–Crippen MR) is 69.0 cm³/mol. The van der Waals surface area contributed by atoms with Gasteiger partial charge in [-0.05, 0) is 31.2 Å². The summed E-state index contributed by atoms with van der Waals surface area (Å²) in [5.74, 6) is -1.01. The molecule has 0 aromatic heterocycles. The largest absolute Gasteiger partial charge is 0.438 e. The summed E-state index contributed by atoms with van der Waals surface area (Å²) in [6, 6.07) is 5.75. The average molecular weight is 351 g/mol. The first kappa shape index (κ1) is 15.0. The number of halogens is 4. The standard InChI is InChI=1S/C12H10BrF3N2O2/c1-7-6-11(20,12(14,15)16)18(17-7)10(19)8-2-4-9(13)5-3-8/h2-5,20H,6H2,1H3/t11-/m1/s1. The summed E-state index contributed by atoms with van der Waals surface area (Å²) in [7, 11) is 0. The summed E-state index contributed by atoms with van der Waals surface area (Å²) < 4.78 is 39.6. The highest BCUT2D eigenvalue weighted by Gasteiger charge is 2.62. The first-order valence-corrected chi connectivity index (χ1v) is 6.38. The number of hydrogen-bond acceptors (Lipinski definition) is 3. The van der Waals surface area contributed by atoms with Crippen LogP contribution in [0.3, 0.4) is 0 Å². The smallest absolute Gasteiger partial charge is 0.362 e. The molecular formula is C12H10BrF3N2O2. The quantitative estimate of drug-likeness (QED) is 0.846. The van der Waals surface area contributed by atoms with Crippen molar-refractivity contribution in [1.29, 1.82) is 0 Å². The van der Waals surface area contributed by atoms with Crippen molar-refractivity contribution in [2.75, 3.05) is 0 Å². The van der Waals surface area contributed by atoms with Crippen LogP contribution in [0.5, 0.6) is 0 Å². The molecule has 1 atom stereocenters. The average Bonchev–Trinajstić information content (AvgIpc) is 2.65. The molecule has 1 N–H and O–H groups in total. The number of carbonyl (C=O) groups is 1. The molecule has 1 amide bonds. The zero-order chi connectivity index (χ0) is 15.1. The van der Waals surface area contributed by atoms with Crippen LogP contribution in [0.25, 0.3) is 0 Å². The molecule has 1 aliphatic rings. The minimum Gasteiger partial charge on any atom is -0.362 e. The molecule has 8 heteroatoms. The molecular weight excluding hydrogens is 341 g/mol. The van der Waals surface area contributed by atoms with Crippen LogP contribution in [0.2, 0.25) is 0 Å². The van der Waals surface area contributed by atoms with E-state index in [4.69, 9.17) is 0 Å². The second kappa shape index (κ2) is 4.85. The Kier molecular flexibility index (Phi) is 3.64. The number of hydrogen-bond donors (Lipinski definition) is 1. The molecule has 0 radical (unpaired) electrons. The lowest BCUT2D eigenvalue weighted by Gasteiger charge is -2.32. The topological polar surface area (TPSA) is 52.9 Å². The van der Waals surface area contributed by atoms with E-state index in [2.05, 4.69) is 21.0 Å². The van der Waals surface area contributed by atoms with Gasteiger partial charge in [0.05, 0.1) is 0 Å². The Bertz CT molecular complexity index is 571. The van der Waals surface area contributed by atoms with Crippen LogP contribution < -0.4 is 0 Å². The number of benzene rings is 1. The zero-order valence-electron chi connectivity index (χ0n) is 10.3. The maximum absolute atomic E-state index is 13.0. The van der Waals surface area contributed by atoms with Gasteiger partial charge in [0.25, 0.3) is 11.6 Å². The van der Waals surface area contributed by atoms with Crippen molar-refractivity contribution in [3.63, 3.8) is 0 Å². The van der Waals surface area contributed by atoms with Gasteiger partial charge in [-0.3, -0.25) is 4.79 Å². The molecule has 0 spiro atoms. The highest BCUT2D eigenvalue weighted by Crippen LogP contribution is 2.40. The summed E-state index contributed by atoms with van der Waals surface area (Å²) >= 11 is 3.16. The minimum atomic E-state index is -4.99. The lowest BCUT2D eigenvalue weighted by atomic mass is 10.1. The van der Waals surface area contributed by atoms with Gasteiger partial charge in [-0.1, -0.05) is 15.9 Å². The number of carbonyl (C=O) groups excluding carboxylic acids is 1. The SMILES string of the molecule is CC1=NN(C(=O)c2ccc(Br)cc2)[C@](O)(C(F)(F)F)C1. The van der Waals surface area contributed by atoms with E-state index in [0.717, 1.165) is 0 Å². The number of aliphatic hydroxyl groups is 1. The Hall–Kier alpha value is -1.41. The first-order valence-electron chi connectivity index (χ1n) is 5.58. The van der Waals surface area contributed by atoms with Crippen molar-refractivity contribution in [3.05, 3.63) is 34.3 Å². The summed E-state index contributed by atoms with van der Waals surface area (Å²) in [5.41, 5.74) is -3.24. The Morgan fingerprint density at radius 3 is 2.45 bits per heavy atom. The maximum atomic E-state index is 13.0. The molecule has 1 heterocycles. The summed E-state index contributed by atoms with van der Waals surface area (Å²) in [5, 5.41) is 13.4. The Balaban J connectivity index is 2.39. The molecule has 0 unspecified atom stereocenters. The van der Waals surface area contributed by atoms with Crippen molar-refractivity contribution in [2.24, 2.45) is 5.10 Å². The van der Waals surface area contributed by atoms with Crippen molar-refractivity contribution in [2.45, 2.75) is 25.2 Å². The van der Waals surface area contributed by atoms with E-state index in [1.165, 1.54) is 31.2 Å². The Labute approximate surface area is 121 Å². The zero-order valence-corrected chi connectivity index (χ0v) is 11.9. The highest BCUT2D eigenvalue weighted by atomic mass is 79.9. The van der Waals surface area contributed by atoms with E-state index >= 15 is 0 Å². The summed E-state index contributed by atoms with van der Waals surface area (Å²) in [6.07, 6.45) is -5.74. The van der Waals surface area contributed by atoms with Crippen molar-refractivity contribution in [1.82, 2.24) is 5.01 Å². The molecule has 4 nitrogen and oxygen atoms in total. The molecule has 20 heavy (non-hydrogen) atoms. The minimum absolute atomic E-state index is 0.00863. The van der Waals surface area contributed by atoms with Gasteiger partial charge in [0.2, 0.25) is 0 Å². The Morgan fingerprint density at radius 1 is 1.40 bits per heavy atom. The van der Waals surface area contributed by atoms with Gasteiger partial charge < -0.3 is 5.11 Å². The fourth-order valence-corrected chi connectivity index (χ4v) is 2.13. The third kappa shape index (κ3) is 2.45. The molecule has 1 aromatic carbocycles. The van der Waals surface area contributed by atoms with Crippen molar-refractivity contribution >= 4 is 27.5 Å². The Morgan fingerprint density at radius 2 is 1.95 bits per heavy atom. The fraction of sp³-hybridized carbons (Fsp3) is 0.333. The first-order chi connectivity index (χ1) is 9.15. The van der Waals surface area contributed by atoms with E-state index in [9.17, 15) is 23.1 Å². The maximum Gasteiger partial charge on any atom is 0.438 e. The van der Waals surface area contributed by atoms with Gasteiger partial charge in [0, 0.05) is 22.2 Å². The normalized spacial score (nSPS) is 22.9. The molecule has 108 valence electrons. The number of nitrogens with zero attached hydrogens (tertiary/aromatic N) is 2. The van der Waals surface area contributed by atoms with Crippen LogP contribution in [-0.4, -0.2) is 33.6 Å². The van der Waals surface area contributed by atoms with Gasteiger partial charge in [-0.25, -0.2) is 0 Å². The van der Waals surface area contributed by atoms with Crippen molar-refractivity contribution < 1.29 is 23.1 Å². The fourth-order valence-electron chi connectivity index (χ4n) is 1.87. The third-order valence-electron chi connectivity index (χ3n) is 2.86. The third-order valence-corrected chi connectivity index (χ3v) is 3.39. The van der Waals surface area contributed by atoms with Crippen LogP contribution in [0.1, 0.15) is 23.7 Å². The van der Waals surface area contributed by atoms with Crippen LogP contribution in [0, 0.1) is 0 Å². The van der Waals surface area contributed by atoms with Gasteiger partial charge in [0.1, 0.15) is 0 Å². The lowest BCUT2D eigenvalue weighted by Crippen LogP contribution is -2.56. The summed E-state index contributed by atoms with van der Waals surface area (Å²) in [4.78, 5) is 12.1. The van der Waals surface area contributed by atoms with E-state index in [-0.39, 0.29) is 16.3 Å². The monoisotopic (exact) mass is 350 g/mol. The second-order valence-electron chi connectivity index (χ2n) is 4.45. The predicted octanol–water partition coefficient (Wildman–Crippen LogP) is 2.92. The van der Waals surface area contributed by atoms with E-state index < -0.39 is 24.2 Å². The van der Waals surface area contributed by atoms with Gasteiger partial charge >= 0.3 is 6.18 Å². The number of amides is 1. The lowest BCUT2D eigenvalue weighted by molar-refractivity contribution is -0.297. The molecule has 0 aliphatic carbocycles. The molecule has 1 aliphatic heterocycles. The number of rotatable bonds is 1. The van der Waals surface area contributed by atoms with Crippen LogP contribution >= 0.6 is 15.9 Å². The van der Waals surface area contributed by atoms with E-state index in [1.807, 2.05) is 0 Å². The van der Waals surface area contributed by atoms with Gasteiger partial charge in [0.15, 0.2) is 0 Å². The van der Waals surface area contributed by atoms with Gasteiger partial charge in [-0.2, -0.15) is 23.3 Å². The van der Waals surface area contributed by atoms with Crippen LogP contribution in [0.4, 0.5) is 13.2 Å². The van der Waals surface area contributed by atoms with Crippen LogP contribution in [-0.2, 0) is 0 Å². The number of hydrazone groups is 1. The molecule has 1 aromatic rings. The van der Waals surface area contributed by atoms with E-state index in [1.54, 1.807) is 0 Å². The number of alkyl halides is 3.